The number of ether oxygens (including phenoxy) is 1. The maximum absolute atomic E-state index is 11.2. The molecule has 2 rings (SSSR count). The largest absolute Gasteiger partial charge is 0.385 e. The van der Waals surface area contributed by atoms with Gasteiger partial charge in [0, 0.05) is 32.4 Å². The van der Waals surface area contributed by atoms with Crippen molar-refractivity contribution in [2.75, 3.05) is 33.4 Å². The van der Waals surface area contributed by atoms with Gasteiger partial charge in [-0.3, -0.25) is 4.79 Å². The van der Waals surface area contributed by atoms with Gasteiger partial charge in [0.05, 0.1) is 0 Å². The molecular formula is C16H24N2O2. The lowest BCUT2D eigenvalue weighted by molar-refractivity contribution is 0.1000. The standard InChI is InChI=1S/C16H24N2O2/c1-20-9-3-7-18-8-6-14(12-18)10-13-4-2-5-15(11-13)16(17)19/h2,4-5,11,14H,3,6-10,12H2,1H3,(H2,17,19). The third-order valence-corrected chi connectivity index (χ3v) is 3.93. The molecule has 4 nitrogen and oxygen atoms in total. The first-order chi connectivity index (χ1) is 9.69. The van der Waals surface area contributed by atoms with E-state index in [4.69, 9.17) is 10.5 Å². The summed E-state index contributed by atoms with van der Waals surface area (Å²) in [7, 11) is 1.75. The van der Waals surface area contributed by atoms with Crippen LogP contribution in [0.1, 0.15) is 28.8 Å². The number of carbonyl (C=O) groups excluding carboxylic acids is 1. The minimum absolute atomic E-state index is 0.348. The summed E-state index contributed by atoms with van der Waals surface area (Å²) in [5, 5.41) is 0. The summed E-state index contributed by atoms with van der Waals surface area (Å²) in [4.78, 5) is 13.7. The summed E-state index contributed by atoms with van der Waals surface area (Å²) in [6.07, 6.45) is 3.36. The second kappa shape index (κ2) is 7.41. The van der Waals surface area contributed by atoms with Crippen LogP contribution >= 0.6 is 0 Å². The van der Waals surface area contributed by atoms with E-state index in [1.54, 1.807) is 13.2 Å². The van der Waals surface area contributed by atoms with Gasteiger partial charge in [-0.2, -0.15) is 0 Å². The Morgan fingerprint density at radius 3 is 3.10 bits per heavy atom. The third kappa shape index (κ3) is 4.32. The number of benzene rings is 1. The van der Waals surface area contributed by atoms with Gasteiger partial charge in [-0.25, -0.2) is 0 Å². The summed E-state index contributed by atoms with van der Waals surface area (Å²) >= 11 is 0. The summed E-state index contributed by atoms with van der Waals surface area (Å²) in [5.74, 6) is 0.333. The SMILES string of the molecule is COCCCN1CCC(Cc2cccc(C(N)=O)c2)C1. The van der Waals surface area contributed by atoms with Crippen molar-refractivity contribution >= 4 is 5.91 Å². The molecule has 0 spiro atoms. The monoisotopic (exact) mass is 276 g/mol. The highest BCUT2D eigenvalue weighted by Crippen LogP contribution is 2.21. The van der Waals surface area contributed by atoms with Crippen LogP contribution in [0.4, 0.5) is 0 Å². The number of primary amides is 1. The average Bonchev–Trinajstić information content (AvgIpc) is 2.87. The molecular weight excluding hydrogens is 252 g/mol. The van der Waals surface area contributed by atoms with Crippen molar-refractivity contribution in [1.29, 1.82) is 0 Å². The lowest BCUT2D eigenvalue weighted by Gasteiger charge is -2.15. The summed E-state index contributed by atoms with van der Waals surface area (Å²) in [6, 6.07) is 7.70. The van der Waals surface area contributed by atoms with Gasteiger partial charge in [-0.1, -0.05) is 12.1 Å². The van der Waals surface area contributed by atoms with Gasteiger partial charge in [-0.15, -0.1) is 0 Å². The Kier molecular flexibility index (Phi) is 5.56. The minimum atomic E-state index is -0.348. The fourth-order valence-corrected chi connectivity index (χ4v) is 2.90. The van der Waals surface area contributed by atoms with Crippen molar-refractivity contribution in [3.05, 3.63) is 35.4 Å². The molecule has 1 atom stereocenters. The van der Waals surface area contributed by atoms with Crippen LogP contribution in [-0.2, 0) is 11.2 Å². The molecule has 20 heavy (non-hydrogen) atoms. The van der Waals surface area contributed by atoms with Crippen LogP contribution in [0.25, 0.3) is 0 Å². The second-order valence-electron chi connectivity index (χ2n) is 5.57. The molecule has 1 aromatic rings. The van der Waals surface area contributed by atoms with Gasteiger partial charge in [0.25, 0.3) is 0 Å². The maximum atomic E-state index is 11.2. The number of nitrogens with zero attached hydrogens (tertiary/aromatic N) is 1. The smallest absolute Gasteiger partial charge is 0.248 e. The second-order valence-corrected chi connectivity index (χ2v) is 5.57. The fourth-order valence-electron chi connectivity index (χ4n) is 2.90. The van der Waals surface area contributed by atoms with E-state index >= 15 is 0 Å². The van der Waals surface area contributed by atoms with E-state index < -0.39 is 0 Å². The van der Waals surface area contributed by atoms with E-state index in [-0.39, 0.29) is 5.91 Å². The highest BCUT2D eigenvalue weighted by molar-refractivity contribution is 5.92. The van der Waals surface area contributed by atoms with Crippen molar-refractivity contribution in [3.63, 3.8) is 0 Å². The molecule has 1 saturated heterocycles. The first-order valence-corrected chi connectivity index (χ1v) is 7.29. The summed E-state index contributed by atoms with van der Waals surface area (Å²) in [6.45, 7) is 4.27. The van der Waals surface area contributed by atoms with Crippen LogP contribution < -0.4 is 5.73 Å². The molecule has 1 aliphatic heterocycles. The van der Waals surface area contributed by atoms with Gasteiger partial charge in [-0.05, 0) is 49.4 Å². The molecule has 4 heteroatoms. The maximum Gasteiger partial charge on any atom is 0.248 e. The van der Waals surface area contributed by atoms with E-state index in [0.717, 1.165) is 32.5 Å². The van der Waals surface area contributed by atoms with Crippen molar-refractivity contribution in [1.82, 2.24) is 4.90 Å². The van der Waals surface area contributed by atoms with E-state index in [1.165, 1.54) is 18.5 Å². The Bertz CT molecular complexity index is 448. The van der Waals surface area contributed by atoms with E-state index in [0.29, 0.717) is 11.5 Å². The van der Waals surface area contributed by atoms with E-state index in [2.05, 4.69) is 11.0 Å². The van der Waals surface area contributed by atoms with Gasteiger partial charge >= 0.3 is 0 Å². The Labute approximate surface area is 120 Å². The first-order valence-electron chi connectivity index (χ1n) is 7.29. The molecule has 0 saturated carbocycles. The lowest BCUT2D eigenvalue weighted by Crippen LogP contribution is -2.23. The number of amides is 1. The molecule has 1 heterocycles. The Balaban J connectivity index is 1.82. The molecule has 2 N–H and O–H groups in total. The predicted molar refractivity (Wildman–Crippen MR) is 79.7 cm³/mol. The van der Waals surface area contributed by atoms with Crippen LogP contribution in [0, 0.1) is 5.92 Å². The average molecular weight is 276 g/mol. The number of methoxy groups -OCH3 is 1. The Morgan fingerprint density at radius 1 is 1.50 bits per heavy atom. The van der Waals surface area contributed by atoms with Gasteiger partial charge < -0.3 is 15.4 Å². The van der Waals surface area contributed by atoms with Crippen molar-refractivity contribution in [2.45, 2.75) is 19.3 Å². The summed E-state index contributed by atoms with van der Waals surface area (Å²) in [5.41, 5.74) is 7.14. The zero-order valence-electron chi connectivity index (χ0n) is 12.2. The molecule has 0 aliphatic carbocycles. The lowest BCUT2D eigenvalue weighted by atomic mass is 9.97. The molecule has 0 bridgehead atoms. The van der Waals surface area contributed by atoms with Crippen LogP contribution in [0.15, 0.2) is 24.3 Å². The predicted octanol–water partition coefficient (Wildman–Crippen LogP) is 1.69. The van der Waals surface area contributed by atoms with Gasteiger partial charge in [0.15, 0.2) is 0 Å². The number of hydrogen-bond acceptors (Lipinski definition) is 3. The number of nitrogens with two attached hydrogens (primary N) is 1. The molecule has 1 aromatic carbocycles. The molecule has 110 valence electrons. The van der Waals surface area contributed by atoms with E-state index in [1.807, 2.05) is 12.1 Å². The van der Waals surface area contributed by atoms with Crippen molar-refractivity contribution in [3.8, 4) is 0 Å². The number of carbonyl (C=O) groups is 1. The Morgan fingerprint density at radius 2 is 2.35 bits per heavy atom. The van der Waals surface area contributed by atoms with E-state index in [9.17, 15) is 4.79 Å². The van der Waals surface area contributed by atoms with Crippen LogP contribution in [0.5, 0.6) is 0 Å². The number of hydrogen-bond donors (Lipinski definition) is 1. The molecule has 0 radical (unpaired) electrons. The zero-order valence-corrected chi connectivity index (χ0v) is 12.2. The summed E-state index contributed by atoms with van der Waals surface area (Å²) < 4.78 is 5.09. The quantitative estimate of drug-likeness (QED) is 0.771. The van der Waals surface area contributed by atoms with Crippen LogP contribution in [0.2, 0.25) is 0 Å². The molecule has 1 unspecified atom stereocenters. The van der Waals surface area contributed by atoms with Crippen molar-refractivity contribution in [2.24, 2.45) is 11.7 Å². The van der Waals surface area contributed by atoms with Gasteiger partial charge in [0.2, 0.25) is 5.91 Å². The molecule has 1 fully saturated rings. The highest BCUT2D eigenvalue weighted by Gasteiger charge is 2.22. The zero-order chi connectivity index (χ0) is 14.4. The third-order valence-electron chi connectivity index (χ3n) is 3.93. The molecule has 1 aliphatic rings. The highest BCUT2D eigenvalue weighted by atomic mass is 16.5. The number of rotatable bonds is 7. The van der Waals surface area contributed by atoms with Crippen molar-refractivity contribution < 1.29 is 9.53 Å². The van der Waals surface area contributed by atoms with Gasteiger partial charge in [0.1, 0.15) is 0 Å². The van der Waals surface area contributed by atoms with Crippen LogP contribution in [0.3, 0.4) is 0 Å². The fraction of sp³-hybridized carbons (Fsp3) is 0.562. The first kappa shape index (κ1) is 15.0. The topological polar surface area (TPSA) is 55.6 Å². The molecule has 0 aromatic heterocycles. The minimum Gasteiger partial charge on any atom is -0.385 e. The number of likely N-dealkylation sites (tertiary alicyclic amines) is 1. The Hall–Kier alpha value is -1.39. The normalized spacial score (nSPS) is 19.4. The molecule has 1 amide bonds. The van der Waals surface area contributed by atoms with Crippen LogP contribution in [-0.4, -0.2) is 44.2 Å².